The van der Waals surface area contributed by atoms with Crippen LogP contribution in [0.4, 0.5) is 8.78 Å². The quantitative estimate of drug-likeness (QED) is 0.904. The van der Waals surface area contributed by atoms with Crippen molar-refractivity contribution in [3.8, 4) is 0 Å². The largest absolute Gasteiger partial charge is 0.329 e. The second-order valence-electron chi connectivity index (χ2n) is 5.21. The predicted molar refractivity (Wildman–Crippen MR) is 71.8 cm³/mol. The maximum atomic E-state index is 13.9. The highest BCUT2D eigenvalue weighted by Crippen LogP contribution is 2.27. The number of hydrogen-bond donors (Lipinski definition) is 1. The van der Waals surface area contributed by atoms with Gasteiger partial charge in [0.1, 0.15) is 11.6 Å². The first-order chi connectivity index (χ1) is 9.04. The van der Waals surface area contributed by atoms with E-state index in [1.54, 1.807) is 0 Å². The van der Waals surface area contributed by atoms with Gasteiger partial charge in [0.2, 0.25) is 0 Å². The van der Waals surface area contributed by atoms with Crippen molar-refractivity contribution < 1.29 is 8.78 Å². The maximum Gasteiger partial charge on any atom is 0.130 e. The molecule has 5 heteroatoms. The highest BCUT2D eigenvalue weighted by atomic mass is 19.1. The van der Waals surface area contributed by atoms with Gasteiger partial charge in [-0.25, -0.2) is 8.78 Å². The number of piperazine rings is 1. The molecular weight excluding hydrogens is 248 g/mol. The first kappa shape index (κ1) is 14.4. The zero-order chi connectivity index (χ0) is 14.0. The van der Waals surface area contributed by atoms with Gasteiger partial charge in [0.05, 0.1) is 6.04 Å². The lowest BCUT2D eigenvalue weighted by Gasteiger charge is -2.41. The van der Waals surface area contributed by atoms with E-state index in [1.165, 1.54) is 18.2 Å². The second-order valence-corrected chi connectivity index (χ2v) is 5.21. The van der Waals surface area contributed by atoms with Crippen LogP contribution in [0.3, 0.4) is 0 Å². The topological polar surface area (TPSA) is 32.5 Å². The van der Waals surface area contributed by atoms with Gasteiger partial charge in [-0.05, 0) is 26.1 Å². The lowest BCUT2D eigenvalue weighted by molar-refractivity contribution is 0.0716. The summed E-state index contributed by atoms with van der Waals surface area (Å²) in [5, 5.41) is 0. The standard InChI is InChI=1S/C14H21F2N3/c1-10-9-19(7-6-18(10)2)13(8-17)14-11(15)4-3-5-12(14)16/h3-5,10,13H,6-9,17H2,1-2H3. The molecule has 2 rings (SSSR count). The lowest BCUT2D eigenvalue weighted by Crippen LogP contribution is -2.52. The zero-order valence-electron chi connectivity index (χ0n) is 11.4. The molecule has 1 saturated heterocycles. The molecule has 0 saturated carbocycles. The molecular formula is C14H21F2N3. The average molecular weight is 269 g/mol. The van der Waals surface area contributed by atoms with Crippen molar-refractivity contribution in [3.63, 3.8) is 0 Å². The lowest BCUT2D eigenvalue weighted by atomic mass is 10.0. The van der Waals surface area contributed by atoms with E-state index < -0.39 is 17.7 Å². The van der Waals surface area contributed by atoms with E-state index in [-0.39, 0.29) is 12.1 Å². The smallest absolute Gasteiger partial charge is 0.130 e. The molecule has 19 heavy (non-hydrogen) atoms. The van der Waals surface area contributed by atoms with Crippen LogP contribution in [0.2, 0.25) is 0 Å². The Hall–Kier alpha value is -1.04. The van der Waals surface area contributed by atoms with Crippen LogP contribution in [0.15, 0.2) is 18.2 Å². The number of hydrogen-bond acceptors (Lipinski definition) is 3. The summed E-state index contributed by atoms with van der Waals surface area (Å²) in [6.07, 6.45) is 0. The fourth-order valence-electron chi connectivity index (χ4n) is 2.64. The maximum absolute atomic E-state index is 13.9. The summed E-state index contributed by atoms with van der Waals surface area (Å²) >= 11 is 0. The molecule has 1 aliphatic rings. The SMILES string of the molecule is CC1CN(C(CN)c2c(F)cccc2F)CCN1C. The van der Waals surface area contributed by atoms with Crippen molar-refractivity contribution in [2.45, 2.75) is 19.0 Å². The number of rotatable bonds is 3. The Bertz CT molecular complexity index is 418. The molecule has 0 aromatic heterocycles. The predicted octanol–water partition coefficient (Wildman–Crippen LogP) is 1.60. The Morgan fingerprint density at radius 2 is 1.95 bits per heavy atom. The van der Waals surface area contributed by atoms with Crippen LogP contribution in [-0.4, -0.2) is 49.1 Å². The minimum atomic E-state index is -0.512. The van der Waals surface area contributed by atoms with E-state index in [0.29, 0.717) is 6.04 Å². The summed E-state index contributed by atoms with van der Waals surface area (Å²) in [5.74, 6) is -1.02. The van der Waals surface area contributed by atoms with Crippen molar-refractivity contribution in [3.05, 3.63) is 35.4 Å². The summed E-state index contributed by atoms with van der Waals surface area (Å²) < 4.78 is 27.8. The van der Waals surface area contributed by atoms with E-state index in [2.05, 4.69) is 23.8 Å². The van der Waals surface area contributed by atoms with Crippen molar-refractivity contribution >= 4 is 0 Å². The monoisotopic (exact) mass is 269 g/mol. The fourth-order valence-corrected chi connectivity index (χ4v) is 2.64. The number of nitrogens with two attached hydrogens (primary N) is 1. The van der Waals surface area contributed by atoms with Gasteiger partial charge < -0.3 is 10.6 Å². The van der Waals surface area contributed by atoms with Gasteiger partial charge in [-0.3, -0.25) is 4.90 Å². The second kappa shape index (κ2) is 5.94. The van der Waals surface area contributed by atoms with E-state index >= 15 is 0 Å². The molecule has 1 aromatic carbocycles. The molecule has 1 fully saturated rings. The third kappa shape index (κ3) is 2.94. The number of halogens is 2. The van der Waals surface area contributed by atoms with Crippen LogP contribution in [0.1, 0.15) is 18.5 Å². The van der Waals surface area contributed by atoms with Gasteiger partial charge >= 0.3 is 0 Å². The highest BCUT2D eigenvalue weighted by Gasteiger charge is 2.29. The van der Waals surface area contributed by atoms with E-state index in [0.717, 1.165) is 19.6 Å². The minimum Gasteiger partial charge on any atom is -0.329 e. The molecule has 0 amide bonds. The van der Waals surface area contributed by atoms with Crippen molar-refractivity contribution in [2.75, 3.05) is 33.2 Å². The molecule has 2 unspecified atom stereocenters. The Kier molecular flexibility index (Phi) is 4.50. The van der Waals surface area contributed by atoms with Crippen LogP contribution in [0.5, 0.6) is 0 Å². The average Bonchev–Trinajstić information content (AvgIpc) is 2.37. The molecule has 1 aromatic rings. The van der Waals surface area contributed by atoms with Crippen molar-refractivity contribution in [1.29, 1.82) is 0 Å². The van der Waals surface area contributed by atoms with Gasteiger partial charge in [0, 0.05) is 37.8 Å². The third-order valence-corrected chi connectivity index (χ3v) is 3.99. The van der Waals surface area contributed by atoms with Gasteiger partial charge in [-0.15, -0.1) is 0 Å². The van der Waals surface area contributed by atoms with Crippen molar-refractivity contribution in [2.24, 2.45) is 5.73 Å². The summed E-state index contributed by atoms with van der Waals surface area (Å²) in [7, 11) is 2.06. The van der Waals surface area contributed by atoms with Crippen LogP contribution in [0, 0.1) is 11.6 Å². The van der Waals surface area contributed by atoms with Gasteiger partial charge in [-0.2, -0.15) is 0 Å². The van der Waals surface area contributed by atoms with Crippen LogP contribution in [-0.2, 0) is 0 Å². The van der Waals surface area contributed by atoms with Crippen molar-refractivity contribution in [1.82, 2.24) is 9.80 Å². The Morgan fingerprint density at radius 1 is 1.32 bits per heavy atom. The van der Waals surface area contributed by atoms with Gasteiger partial charge in [-0.1, -0.05) is 6.07 Å². The summed E-state index contributed by atoms with van der Waals surface area (Å²) in [4.78, 5) is 4.31. The third-order valence-electron chi connectivity index (χ3n) is 3.99. The highest BCUT2D eigenvalue weighted by molar-refractivity contribution is 5.24. The molecule has 0 radical (unpaired) electrons. The molecule has 2 N–H and O–H groups in total. The molecule has 0 spiro atoms. The number of benzene rings is 1. The first-order valence-corrected chi connectivity index (χ1v) is 6.63. The normalized spacial score (nSPS) is 23.5. The zero-order valence-corrected chi connectivity index (χ0v) is 11.4. The molecule has 2 atom stereocenters. The molecule has 3 nitrogen and oxygen atoms in total. The summed E-state index contributed by atoms with van der Waals surface area (Å²) in [6, 6.07) is 3.94. The molecule has 0 bridgehead atoms. The molecule has 1 heterocycles. The summed E-state index contributed by atoms with van der Waals surface area (Å²) in [5.41, 5.74) is 5.86. The number of likely N-dealkylation sites (N-methyl/N-ethyl adjacent to an activating group) is 1. The number of nitrogens with zero attached hydrogens (tertiary/aromatic N) is 2. The molecule has 106 valence electrons. The van der Waals surface area contributed by atoms with Crippen LogP contribution >= 0.6 is 0 Å². The Balaban J connectivity index is 2.25. The first-order valence-electron chi connectivity index (χ1n) is 6.63. The Morgan fingerprint density at radius 3 is 2.47 bits per heavy atom. The summed E-state index contributed by atoms with van der Waals surface area (Å²) in [6.45, 7) is 4.75. The van der Waals surface area contributed by atoms with Crippen LogP contribution < -0.4 is 5.73 Å². The van der Waals surface area contributed by atoms with Crippen LogP contribution in [0.25, 0.3) is 0 Å². The Labute approximate surface area is 113 Å². The minimum absolute atomic E-state index is 0.0988. The molecule has 0 aliphatic carbocycles. The van der Waals surface area contributed by atoms with Gasteiger partial charge in [0.25, 0.3) is 0 Å². The van der Waals surface area contributed by atoms with E-state index in [1.807, 2.05) is 0 Å². The van der Waals surface area contributed by atoms with E-state index in [4.69, 9.17) is 5.73 Å². The van der Waals surface area contributed by atoms with Gasteiger partial charge in [0.15, 0.2) is 0 Å². The fraction of sp³-hybridized carbons (Fsp3) is 0.571. The molecule has 1 aliphatic heterocycles. The van der Waals surface area contributed by atoms with E-state index in [9.17, 15) is 8.78 Å².